The minimum Gasteiger partial charge on any atom is -0.479 e. The number of carboxylic acid groups (broad SMARTS) is 1. The Morgan fingerprint density at radius 2 is 1.62 bits per heavy atom. The smallest absolute Gasteiger partial charge is 0.407 e. The SMILES string of the molecule is COCCCC(NC(=O)OCC1c2ccccc2-c2ccccc21)C(=O)NC1(C(=O)O)CCN(Cc2ccccc2)C1. The summed E-state index contributed by atoms with van der Waals surface area (Å²) in [6, 6.07) is 24.9. The number of benzene rings is 3. The molecule has 9 nitrogen and oxygen atoms in total. The second kappa shape index (κ2) is 13.2. The average Bonchev–Trinajstić information content (AvgIpc) is 3.55. The van der Waals surface area contributed by atoms with E-state index in [1.807, 2.05) is 71.6 Å². The molecule has 1 saturated heterocycles. The molecular formula is C33H37N3O6. The van der Waals surface area contributed by atoms with Crippen molar-refractivity contribution in [2.45, 2.75) is 43.3 Å². The number of methoxy groups -OCH3 is 1. The molecule has 2 atom stereocenters. The molecular weight excluding hydrogens is 534 g/mol. The van der Waals surface area contributed by atoms with Crippen molar-refractivity contribution in [1.29, 1.82) is 0 Å². The number of nitrogens with one attached hydrogen (secondary N) is 2. The zero-order chi connectivity index (χ0) is 29.5. The molecule has 1 fully saturated rings. The molecule has 0 radical (unpaired) electrons. The third-order valence-electron chi connectivity index (χ3n) is 8.16. The van der Waals surface area contributed by atoms with Crippen LogP contribution in [0.5, 0.6) is 0 Å². The number of ether oxygens (including phenoxy) is 2. The quantitative estimate of drug-likeness (QED) is 0.280. The Kier molecular flexibility index (Phi) is 9.19. The Labute approximate surface area is 245 Å². The van der Waals surface area contributed by atoms with Crippen LogP contribution in [0.15, 0.2) is 78.9 Å². The molecule has 0 spiro atoms. The second-order valence-corrected chi connectivity index (χ2v) is 11.0. The third-order valence-corrected chi connectivity index (χ3v) is 8.16. The first kappa shape index (κ1) is 29.3. The molecule has 0 bridgehead atoms. The standard InChI is InChI=1S/C33H37N3O6/c1-41-19-9-16-29(30(37)35-33(31(38)39)17-18-36(22-33)20-23-10-3-2-4-11-23)34-32(40)42-21-28-26-14-7-5-12-24(26)25-13-6-8-15-27(25)28/h2-8,10-15,28-29H,9,16-22H2,1H3,(H,34,40)(H,35,37)(H,38,39). The van der Waals surface area contributed by atoms with E-state index in [9.17, 15) is 19.5 Å². The molecule has 3 N–H and O–H groups in total. The molecule has 1 aliphatic heterocycles. The fourth-order valence-corrected chi connectivity index (χ4v) is 6.00. The second-order valence-electron chi connectivity index (χ2n) is 11.0. The van der Waals surface area contributed by atoms with Crippen molar-refractivity contribution in [3.05, 3.63) is 95.6 Å². The van der Waals surface area contributed by atoms with Crippen LogP contribution in [0.1, 0.15) is 41.9 Å². The van der Waals surface area contributed by atoms with Gasteiger partial charge in [-0.25, -0.2) is 9.59 Å². The summed E-state index contributed by atoms with van der Waals surface area (Å²) in [5.41, 5.74) is 4.04. The van der Waals surface area contributed by atoms with E-state index in [-0.39, 0.29) is 31.9 Å². The summed E-state index contributed by atoms with van der Waals surface area (Å²) in [6.45, 7) is 1.78. The zero-order valence-corrected chi connectivity index (χ0v) is 23.8. The first-order valence-electron chi connectivity index (χ1n) is 14.3. The summed E-state index contributed by atoms with van der Waals surface area (Å²) < 4.78 is 10.8. The first-order valence-corrected chi connectivity index (χ1v) is 14.3. The Hall–Kier alpha value is -4.21. The minimum atomic E-state index is -1.45. The number of likely N-dealkylation sites (tertiary alicyclic amines) is 1. The lowest BCUT2D eigenvalue weighted by Gasteiger charge is -2.29. The Morgan fingerprint density at radius 1 is 0.976 bits per heavy atom. The van der Waals surface area contributed by atoms with Crippen LogP contribution < -0.4 is 10.6 Å². The molecule has 5 rings (SSSR count). The lowest BCUT2D eigenvalue weighted by molar-refractivity contribution is -0.147. The van der Waals surface area contributed by atoms with Crippen molar-refractivity contribution in [3.8, 4) is 11.1 Å². The largest absolute Gasteiger partial charge is 0.479 e. The van der Waals surface area contributed by atoms with Gasteiger partial charge in [0.2, 0.25) is 5.91 Å². The molecule has 3 aromatic rings. The highest BCUT2D eigenvalue weighted by Gasteiger charge is 2.47. The maximum absolute atomic E-state index is 13.5. The van der Waals surface area contributed by atoms with E-state index in [1.165, 1.54) is 0 Å². The van der Waals surface area contributed by atoms with E-state index >= 15 is 0 Å². The van der Waals surface area contributed by atoms with Gasteiger partial charge in [-0.1, -0.05) is 78.9 Å². The lowest BCUT2D eigenvalue weighted by atomic mass is 9.97. The number of alkyl carbamates (subject to hydrolysis) is 1. The summed E-state index contributed by atoms with van der Waals surface area (Å²) in [7, 11) is 1.56. The Morgan fingerprint density at radius 3 is 2.26 bits per heavy atom. The molecule has 220 valence electrons. The number of carbonyl (C=O) groups is 3. The number of rotatable bonds is 12. The van der Waals surface area contributed by atoms with Gasteiger partial charge in [-0.2, -0.15) is 0 Å². The highest BCUT2D eigenvalue weighted by Crippen LogP contribution is 2.44. The van der Waals surface area contributed by atoms with Crippen LogP contribution in [-0.4, -0.2) is 73.0 Å². The molecule has 42 heavy (non-hydrogen) atoms. The highest BCUT2D eigenvalue weighted by atomic mass is 16.5. The number of hydrogen-bond acceptors (Lipinski definition) is 6. The van der Waals surface area contributed by atoms with Gasteiger partial charge in [0.15, 0.2) is 5.54 Å². The summed E-state index contributed by atoms with van der Waals surface area (Å²) in [5.74, 6) is -1.76. The Balaban J connectivity index is 1.23. The number of nitrogens with zero attached hydrogens (tertiary/aromatic N) is 1. The van der Waals surface area contributed by atoms with E-state index < -0.39 is 29.6 Å². The van der Waals surface area contributed by atoms with Gasteiger partial charge in [0.1, 0.15) is 12.6 Å². The Bertz CT molecular complexity index is 1370. The van der Waals surface area contributed by atoms with Crippen molar-refractivity contribution in [2.24, 2.45) is 0 Å². The van der Waals surface area contributed by atoms with Gasteiger partial charge in [0, 0.05) is 39.3 Å². The maximum Gasteiger partial charge on any atom is 0.407 e. The van der Waals surface area contributed by atoms with Crippen molar-refractivity contribution in [2.75, 3.05) is 33.4 Å². The summed E-state index contributed by atoms with van der Waals surface area (Å²) >= 11 is 0. The summed E-state index contributed by atoms with van der Waals surface area (Å²) in [4.78, 5) is 41.0. The minimum absolute atomic E-state index is 0.111. The number of hydrogen-bond donors (Lipinski definition) is 3. The van der Waals surface area contributed by atoms with E-state index in [1.54, 1.807) is 7.11 Å². The van der Waals surface area contributed by atoms with Crippen molar-refractivity contribution < 1.29 is 29.0 Å². The van der Waals surface area contributed by atoms with Crippen molar-refractivity contribution >= 4 is 18.0 Å². The molecule has 3 aromatic carbocycles. The molecule has 1 heterocycles. The fraction of sp³-hybridized carbons (Fsp3) is 0.364. The number of carbonyl (C=O) groups excluding carboxylic acids is 2. The van der Waals surface area contributed by atoms with Crippen molar-refractivity contribution in [3.63, 3.8) is 0 Å². The monoisotopic (exact) mass is 571 g/mol. The fourth-order valence-electron chi connectivity index (χ4n) is 6.00. The topological polar surface area (TPSA) is 117 Å². The molecule has 1 aliphatic carbocycles. The van der Waals surface area contributed by atoms with Crippen LogP contribution >= 0.6 is 0 Å². The average molecular weight is 572 g/mol. The summed E-state index contributed by atoms with van der Waals surface area (Å²) in [6.07, 6.45) is 0.304. The zero-order valence-electron chi connectivity index (χ0n) is 23.8. The first-order chi connectivity index (χ1) is 20.4. The van der Waals surface area contributed by atoms with E-state index in [4.69, 9.17) is 9.47 Å². The highest BCUT2D eigenvalue weighted by molar-refractivity contribution is 5.91. The van der Waals surface area contributed by atoms with Gasteiger partial charge in [-0.15, -0.1) is 0 Å². The molecule has 0 aromatic heterocycles. The molecule has 2 amide bonds. The van der Waals surface area contributed by atoms with Gasteiger partial charge in [-0.05, 0) is 47.1 Å². The van der Waals surface area contributed by atoms with Crippen LogP contribution in [0, 0.1) is 0 Å². The number of fused-ring (bicyclic) bond motifs is 3. The van der Waals surface area contributed by atoms with Gasteiger partial charge in [-0.3, -0.25) is 9.69 Å². The van der Waals surface area contributed by atoms with E-state index in [0.717, 1.165) is 27.8 Å². The van der Waals surface area contributed by atoms with Crippen LogP contribution in [0.25, 0.3) is 11.1 Å². The maximum atomic E-state index is 13.5. The third kappa shape index (κ3) is 6.48. The number of aliphatic carboxylic acids is 1. The molecule has 2 aliphatic rings. The molecule has 9 heteroatoms. The van der Waals surface area contributed by atoms with Gasteiger partial charge in [0.25, 0.3) is 0 Å². The van der Waals surface area contributed by atoms with Crippen molar-refractivity contribution in [1.82, 2.24) is 15.5 Å². The van der Waals surface area contributed by atoms with E-state index in [2.05, 4.69) is 22.8 Å². The van der Waals surface area contributed by atoms with Crippen LogP contribution in [0.4, 0.5) is 4.79 Å². The van der Waals surface area contributed by atoms with Crippen LogP contribution in [0.2, 0.25) is 0 Å². The van der Waals surface area contributed by atoms with E-state index in [0.29, 0.717) is 26.1 Å². The normalized spacial score (nSPS) is 18.6. The predicted molar refractivity (Wildman–Crippen MR) is 158 cm³/mol. The lowest BCUT2D eigenvalue weighted by Crippen LogP contribution is -2.60. The van der Waals surface area contributed by atoms with Gasteiger partial charge in [0.05, 0.1) is 0 Å². The molecule has 2 unspecified atom stereocenters. The van der Waals surface area contributed by atoms with Crippen LogP contribution in [0.3, 0.4) is 0 Å². The van der Waals surface area contributed by atoms with Gasteiger partial charge >= 0.3 is 12.1 Å². The molecule has 0 saturated carbocycles. The number of carboxylic acids is 1. The number of amides is 2. The predicted octanol–water partition coefficient (Wildman–Crippen LogP) is 4.17. The van der Waals surface area contributed by atoms with Gasteiger partial charge < -0.3 is 25.2 Å². The summed E-state index contributed by atoms with van der Waals surface area (Å²) in [5, 5.41) is 15.6. The van der Waals surface area contributed by atoms with Crippen LogP contribution in [-0.2, 0) is 25.6 Å².